The first-order valence-electron chi connectivity index (χ1n) is 7.70. The Kier molecular flexibility index (Phi) is 5.55. The van der Waals surface area contributed by atoms with Gasteiger partial charge in [-0.05, 0) is 36.4 Å². The summed E-state index contributed by atoms with van der Waals surface area (Å²) in [5, 5.41) is 4.48. The zero-order valence-electron chi connectivity index (χ0n) is 13.5. The van der Waals surface area contributed by atoms with Gasteiger partial charge in [-0.25, -0.2) is 0 Å². The first-order chi connectivity index (χ1) is 12.6. The molecule has 2 aromatic heterocycles. The van der Waals surface area contributed by atoms with E-state index in [2.05, 4.69) is 26.0 Å². The molecule has 2 amide bonds. The van der Waals surface area contributed by atoms with E-state index in [9.17, 15) is 9.59 Å². The van der Waals surface area contributed by atoms with Crippen LogP contribution >= 0.6 is 11.6 Å². The van der Waals surface area contributed by atoms with E-state index in [1.807, 2.05) is 0 Å². The van der Waals surface area contributed by atoms with Gasteiger partial charge in [0.05, 0.1) is 0 Å². The van der Waals surface area contributed by atoms with Crippen LogP contribution < -0.4 is 10.9 Å². The predicted molar refractivity (Wildman–Crippen MR) is 92.9 cm³/mol. The summed E-state index contributed by atoms with van der Waals surface area (Å²) < 4.78 is 5.12. The van der Waals surface area contributed by atoms with Gasteiger partial charge in [0.25, 0.3) is 5.91 Å². The van der Waals surface area contributed by atoms with Crippen LogP contribution in [0.2, 0.25) is 5.02 Å². The third kappa shape index (κ3) is 4.64. The van der Waals surface area contributed by atoms with Crippen LogP contribution in [-0.4, -0.2) is 26.9 Å². The molecule has 0 unspecified atom stereocenters. The maximum Gasteiger partial charge on any atom is 0.288 e. The first-order valence-corrected chi connectivity index (χ1v) is 8.08. The molecule has 0 saturated heterocycles. The van der Waals surface area contributed by atoms with Crippen LogP contribution in [0, 0.1) is 0 Å². The highest BCUT2D eigenvalue weighted by Crippen LogP contribution is 2.18. The quantitative estimate of drug-likeness (QED) is 0.665. The molecular formula is C17H14ClN5O3. The average molecular weight is 372 g/mol. The number of hydrogen-bond acceptors (Lipinski definition) is 6. The molecule has 0 radical (unpaired) electrons. The van der Waals surface area contributed by atoms with E-state index in [0.29, 0.717) is 16.7 Å². The summed E-state index contributed by atoms with van der Waals surface area (Å²) in [5.74, 6) is -0.149. The molecule has 132 valence electrons. The fourth-order valence-corrected chi connectivity index (χ4v) is 2.17. The molecule has 0 aliphatic rings. The van der Waals surface area contributed by atoms with Gasteiger partial charge in [0.1, 0.15) is 5.69 Å². The van der Waals surface area contributed by atoms with Crippen molar-refractivity contribution < 1.29 is 14.1 Å². The minimum atomic E-state index is -0.498. The van der Waals surface area contributed by atoms with Gasteiger partial charge in [-0.3, -0.25) is 25.4 Å². The summed E-state index contributed by atoms with van der Waals surface area (Å²) in [4.78, 5) is 31.7. The van der Waals surface area contributed by atoms with Gasteiger partial charge in [-0.15, -0.1) is 0 Å². The van der Waals surface area contributed by atoms with E-state index in [-0.39, 0.29) is 24.4 Å². The Hall–Kier alpha value is -3.26. The number of carbonyl (C=O) groups excluding carboxylic acids is 2. The van der Waals surface area contributed by atoms with Crippen molar-refractivity contribution in [2.24, 2.45) is 0 Å². The Balaban J connectivity index is 1.47. The molecule has 26 heavy (non-hydrogen) atoms. The second-order valence-corrected chi connectivity index (χ2v) is 5.67. The molecule has 9 heteroatoms. The van der Waals surface area contributed by atoms with E-state index in [1.165, 1.54) is 12.3 Å². The maximum atomic E-state index is 11.8. The number of pyridine rings is 1. The standard InChI is InChI=1S/C17H14ClN5O3/c18-12-6-4-11(5-7-12)16-20-15(26-23-16)9-8-14(24)21-22-17(25)13-3-1-2-10-19-13/h1-7,10H,8-9H2,(H,21,24)(H,22,25). The number of aromatic nitrogens is 3. The number of nitrogens with zero attached hydrogens (tertiary/aromatic N) is 3. The van der Waals surface area contributed by atoms with Crippen LogP contribution in [0.4, 0.5) is 0 Å². The molecule has 8 nitrogen and oxygen atoms in total. The summed E-state index contributed by atoms with van der Waals surface area (Å²) in [7, 11) is 0. The molecule has 0 aliphatic heterocycles. The van der Waals surface area contributed by atoms with Crippen LogP contribution in [0.3, 0.4) is 0 Å². The molecule has 2 N–H and O–H groups in total. The molecule has 1 aromatic carbocycles. The molecule has 2 heterocycles. The molecule has 0 spiro atoms. The molecule has 0 bridgehead atoms. The molecule has 0 saturated carbocycles. The van der Waals surface area contributed by atoms with Gasteiger partial charge in [0.2, 0.25) is 17.6 Å². The SMILES string of the molecule is O=C(CCc1nc(-c2ccc(Cl)cc2)no1)NNC(=O)c1ccccn1. The van der Waals surface area contributed by atoms with E-state index < -0.39 is 5.91 Å². The molecular weight excluding hydrogens is 358 g/mol. The third-order valence-electron chi connectivity index (χ3n) is 3.35. The van der Waals surface area contributed by atoms with Crippen LogP contribution in [-0.2, 0) is 11.2 Å². The molecule has 0 atom stereocenters. The zero-order chi connectivity index (χ0) is 18.4. The lowest BCUT2D eigenvalue weighted by molar-refractivity contribution is -0.121. The number of benzene rings is 1. The third-order valence-corrected chi connectivity index (χ3v) is 3.60. The second kappa shape index (κ2) is 8.21. The van der Waals surface area contributed by atoms with E-state index in [4.69, 9.17) is 16.1 Å². The zero-order valence-corrected chi connectivity index (χ0v) is 14.2. The van der Waals surface area contributed by atoms with Crippen LogP contribution in [0.1, 0.15) is 22.8 Å². The van der Waals surface area contributed by atoms with Crippen molar-refractivity contribution in [3.8, 4) is 11.4 Å². The molecule has 3 rings (SSSR count). The minimum absolute atomic E-state index is 0.0742. The highest BCUT2D eigenvalue weighted by atomic mass is 35.5. The van der Waals surface area contributed by atoms with Gasteiger partial charge in [0.15, 0.2) is 0 Å². The number of hydrogen-bond donors (Lipinski definition) is 2. The highest BCUT2D eigenvalue weighted by Gasteiger charge is 2.12. The number of halogens is 1. The number of amides is 2. The van der Waals surface area contributed by atoms with E-state index in [0.717, 1.165) is 5.56 Å². The normalized spacial score (nSPS) is 10.3. The van der Waals surface area contributed by atoms with Gasteiger partial charge >= 0.3 is 0 Å². The summed E-state index contributed by atoms with van der Waals surface area (Å²) in [6.07, 6.45) is 1.81. The lowest BCUT2D eigenvalue weighted by atomic mass is 10.2. The lowest BCUT2D eigenvalue weighted by Gasteiger charge is -2.05. The van der Waals surface area contributed by atoms with Gasteiger partial charge in [-0.1, -0.05) is 22.8 Å². The number of nitrogens with one attached hydrogen (secondary N) is 2. The number of carbonyl (C=O) groups is 2. The Bertz CT molecular complexity index is 896. The molecule has 0 aliphatic carbocycles. The summed E-state index contributed by atoms with van der Waals surface area (Å²) in [6, 6.07) is 11.9. The van der Waals surface area contributed by atoms with Crippen molar-refractivity contribution in [3.05, 3.63) is 65.3 Å². The van der Waals surface area contributed by atoms with Crippen molar-refractivity contribution in [2.45, 2.75) is 12.8 Å². The minimum Gasteiger partial charge on any atom is -0.339 e. The lowest BCUT2D eigenvalue weighted by Crippen LogP contribution is -2.42. The monoisotopic (exact) mass is 371 g/mol. The molecule has 0 fully saturated rings. The summed E-state index contributed by atoms with van der Waals surface area (Å²) in [5.41, 5.74) is 5.57. The van der Waals surface area contributed by atoms with Gasteiger partial charge in [-0.2, -0.15) is 4.98 Å². The van der Waals surface area contributed by atoms with Crippen molar-refractivity contribution in [2.75, 3.05) is 0 Å². The van der Waals surface area contributed by atoms with Gasteiger partial charge < -0.3 is 4.52 Å². The van der Waals surface area contributed by atoms with Crippen LogP contribution in [0.5, 0.6) is 0 Å². The number of rotatable bonds is 5. The van der Waals surface area contributed by atoms with Crippen molar-refractivity contribution in [3.63, 3.8) is 0 Å². The topological polar surface area (TPSA) is 110 Å². The first kappa shape index (κ1) is 17.6. The Morgan fingerprint density at radius 3 is 2.62 bits per heavy atom. The number of aryl methyl sites for hydroxylation is 1. The second-order valence-electron chi connectivity index (χ2n) is 5.24. The number of hydrazine groups is 1. The predicted octanol–water partition coefficient (Wildman–Crippen LogP) is 2.18. The van der Waals surface area contributed by atoms with Gasteiger partial charge in [0, 0.05) is 29.6 Å². The Morgan fingerprint density at radius 1 is 1.08 bits per heavy atom. The smallest absolute Gasteiger partial charge is 0.288 e. The highest BCUT2D eigenvalue weighted by molar-refractivity contribution is 6.30. The van der Waals surface area contributed by atoms with Crippen molar-refractivity contribution >= 4 is 23.4 Å². The fourth-order valence-electron chi connectivity index (χ4n) is 2.04. The fraction of sp³-hybridized carbons (Fsp3) is 0.118. The summed E-state index contributed by atoms with van der Waals surface area (Å²) >= 11 is 5.84. The van der Waals surface area contributed by atoms with Crippen molar-refractivity contribution in [1.82, 2.24) is 26.0 Å². The van der Waals surface area contributed by atoms with Crippen molar-refractivity contribution in [1.29, 1.82) is 0 Å². The molecule has 3 aromatic rings. The average Bonchev–Trinajstić information content (AvgIpc) is 3.14. The van der Waals surface area contributed by atoms with Crippen LogP contribution in [0.25, 0.3) is 11.4 Å². The van der Waals surface area contributed by atoms with E-state index >= 15 is 0 Å². The summed E-state index contributed by atoms with van der Waals surface area (Å²) in [6.45, 7) is 0. The maximum absolute atomic E-state index is 11.8. The van der Waals surface area contributed by atoms with Crippen LogP contribution in [0.15, 0.2) is 53.2 Å². The van der Waals surface area contributed by atoms with E-state index in [1.54, 1.807) is 36.4 Å². The Labute approximate surface area is 153 Å². The Morgan fingerprint density at radius 2 is 1.88 bits per heavy atom. The largest absolute Gasteiger partial charge is 0.339 e.